The number of aryl methyl sites for hydroxylation is 2. The molecule has 6 heteroatoms. The number of aromatic nitrogens is 2. The number of para-hydroxylation sites is 1. The monoisotopic (exact) mass is 342 g/mol. The van der Waals surface area contributed by atoms with Gasteiger partial charge in [-0.2, -0.15) is 0 Å². The van der Waals surface area contributed by atoms with Gasteiger partial charge < -0.3 is 14.8 Å². The van der Waals surface area contributed by atoms with Crippen molar-refractivity contribution < 1.29 is 9.84 Å². The highest BCUT2D eigenvalue weighted by Gasteiger charge is 2.20. The van der Waals surface area contributed by atoms with E-state index in [0.29, 0.717) is 17.1 Å². The number of methoxy groups -OCH3 is 1. The molecular weight excluding hydrogens is 324 g/mol. The van der Waals surface area contributed by atoms with Crippen molar-refractivity contribution in [1.82, 2.24) is 9.97 Å². The number of phenolic OH excluding ortho intramolecular Hbond substituents is 1. The Balaban J connectivity index is 1.92. The maximum absolute atomic E-state index is 12.7. The molecule has 0 radical (unpaired) electrons. The molecule has 0 saturated carbocycles. The Labute approximate surface area is 143 Å². The van der Waals surface area contributed by atoms with Crippen LogP contribution in [0.25, 0.3) is 21.6 Å². The smallest absolute Gasteiger partial charge is 0.260 e. The quantitative estimate of drug-likeness (QED) is 0.697. The van der Waals surface area contributed by atoms with Gasteiger partial charge in [0, 0.05) is 4.88 Å². The zero-order chi connectivity index (χ0) is 16.7. The molecule has 2 aromatic heterocycles. The Morgan fingerprint density at radius 1 is 1.25 bits per heavy atom. The fourth-order valence-corrected chi connectivity index (χ4v) is 4.61. The number of benzene rings is 1. The average Bonchev–Trinajstić information content (AvgIpc) is 2.77. The second-order valence-electron chi connectivity index (χ2n) is 6.02. The summed E-state index contributed by atoms with van der Waals surface area (Å²) in [5.74, 6) is 0.720. The third-order valence-corrected chi connectivity index (χ3v) is 5.73. The minimum atomic E-state index is -0.128. The molecule has 0 aliphatic heterocycles. The molecule has 1 aliphatic rings. The summed E-state index contributed by atoms with van der Waals surface area (Å²) in [7, 11) is 1.49. The van der Waals surface area contributed by atoms with Crippen molar-refractivity contribution in [2.45, 2.75) is 32.1 Å². The fourth-order valence-electron chi connectivity index (χ4n) is 3.35. The second-order valence-corrected chi connectivity index (χ2v) is 7.10. The summed E-state index contributed by atoms with van der Waals surface area (Å²) in [5.41, 5.74) is 1.51. The van der Waals surface area contributed by atoms with E-state index in [1.54, 1.807) is 29.5 Å². The van der Waals surface area contributed by atoms with Crippen molar-refractivity contribution in [3.05, 3.63) is 39.0 Å². The molecule has 2 heterocycles. The van der Waals surface area contributed by atoms with Crippen LogP contribution in [0.5, 0.6) is 11.5 Å². The van der Waals surface area contributed by atoms with Gasteiger partial charge in [-0.25, -0.2) is 4.98 Å². The van der Waals surface area contributed by atoms with E-state index >= 15 is 0 Å². The Bertz CT molecular complexity index is 974. The van der Waals surface area contributed by atoms with Crippen molar-refractivity contribution in [2.24, 2.45) is 0 Å². The van der Waals surface area contributed by atoms with Gasteiger partial charge in [0.15, 0.2) is 11.5 Å². The van der Waals surface area contributed by atoms with Gasteiger partial charge in [0.2, 0.25) is 0 Å². The summed E-state index contributed by atoms with van der Waals surface area (Å²) >= 11 is 1.61. The van der Waals surface area contributed by atoms with E-state index in [0.717, 1.165) is 29.5 Å². The Kier molecular flexibility index (Phi) is 3.76. The normalized spacial score (nSPS) is 14.4. The van der Waals surface area contributed by atoms with E-state index < -0.39 is 0 Å². The van der Waals surface area contributed by atoms with Crippen LogP contribution in [-0.4, -0.2) is 22.2 Å². The number of nitrogens with zero attached hydrogens (tertiary/aromatic N) is 1. The third-order valence-electron chi connectivity index (χ3n) is 4.55. The maximum atomic E-state index is 12.7. The first kappa shape index (κ1) is 15.2. The zero-order valence-electron chi connectivity index (χ0n) is 13.4. The minimum absolute atomic E-state index is 0.0133. The molecule has 124 valence electrons. The van der Waals surface area contributed by atoms with Crippen molar-refractivity contribution >= 4 is 21.6 Å². The number of ether oxygens (including phenoxy) is 1. The van der Waals surface area contributed by atoms with Crippen LogP contribution < -0.4 is 10.3 Å². The van der Waals surface area contributed by atoms with Crippen LogP contribution in [0.2, 0.25) is 0 Å². The van der Waals surface area contributed by atoms with Crippen LogP contribution >= 0.6 is 11.3 Å². The lowest BCUT2D eigenvalue weighted by Crippen LogP contribution is -2.10. The number of thiophene rings is 1. The summed E-state index contributed by atoms with van der Waals surface area (Å²) in [6.45, 7) is 0. The van der Waals surface area contributed by atoms with Gasteiger partial charge in [-0.05, 0) is 43.4 Å². The van der Waals surface area contributed by atoms with Crippen LogP contribution in [0.4, 0.5) is 0 Å². The first-order valence-electron chi connectivity index (χ1n) is 8.10. The predicted molar refractivity (Wildman–Crippen MR) is 95.2 cm³/mol. The van der Waals surface area contributed by atoms with E-state index in [2.05, 4.69) is 9.97 Å². The van der Waals surface area contributed by atoms with Crippen LogP contribution in [0.3, 0.4) is 0 Å². The van der Waals surface area contributed by atoms with Crippen molar-refractivity contribution in [3.63, 3.8) is 0 Å². The Morgan fingerprint density at radius 2 is 2.08 bits per heavy atom. The largest absolute Gasteiger partial charge is 0.504 e. The molecule has 0 saturated heterocycles. The highest BCUT2D eigenvalue weighted by Crippen LogP contribution is 2.37. The highest BCUT2D eigenvalue weighted by atomic mass is 32.1. The molecule has 0 bridgehead atoms. The van der Waals surface area contributed by atoms with E-state index in [-0.39, 0.29) is 11.3 Å². The third kappa shape index (κ3) is 2.38. The number of fused-ring (bicyclic) bond motifs is 3. The molecule has 2 N–H and O–H groups in total. The van der Waals surface area contributed by atoms with Crippen molar-refractivity contribution in [1.29, 1.82) is 0 Å². The van der Waals surface area contributed by atoms with Gasteiger partial charge in [-0.1, -0.05) is 12.5 Å². The first-order chi connectivity index (χ1) is 11.7. The van der Waals surface area contributed by atoms with E-state index in [9.17, 15) is 9.90 Å². The molecule has 0 unspecified atom stereocenters. The van der Waals surface area contributed by atoms with Gasteiger partial charge in [-0.15, -0.1) is 11.3 Å². The lowest BCUT2D eigenvalue weighted by atomic mass is 10.1. The SMILES string of the molecule is COc1cccc(-c2nc3sc4c(c3c(=O)[nH]2)CCCCC4)c1O. The second kappa shape index (κ2) is 5.94. The highest BCUT2D eigenvalue weighted by molar-refractivity contribution is 7.18. The van der Waals surface area contributed by atoms with Gasteiger partial charge in [-0.3, -0.25) is 4.79 Å². The molecule has 1 aromatic carbocycles. The summed E-state index contributed by atoms with van der Waals surface area (Å²) in [6.07, 6.45) is 5.47. The van der Waals surface area contributed by atoms with Gasteiger partial charge in [0.05, 0.1) is 18.1 Å². The standard InChI is InChI=1S/C18H18N2O3S/c1-23-12-8-5-7-11(15(12)21)16-19-17(22)14-10-6-3-2-4-9-13(10)24-18(14)20-16/h5,7-8,21H,2-4,6,9H2,1H3,(H,19,20,22). The van der Waals surface area contributed by atoms with Gasteiger partial charge in [0.1, 0.15) is 10.7 Å². The minimum Gasteiger partial charge on any atom is -0.504 e. The molecule has 3 aromatic rings. The van der Waals surface area contributed by atoms with Crippen LogP contribution in [0.1, 0.15) is 29.7 Å². The number of aromatic hydroxyl groups is 1. The molecule has 1 aliphatic carbocycles. The lowest BCUT2D eigenvalue weighted by Gasteiger charge is -2.08. The number of aromatic amines is 1. The summed E-state index contributed by atoms with van der Waals surface area (Å²) in [5, 5.41) is 11.0. The average molecular weight is 342 g/mol. The number of nitrogens with one attached hydrogen (secondary N) is 1. The number of hydrogen-bond donors (Lipinski definition) is 2. The van der Waals surface area contributed by atoms with Gasteiger partial charge in [0.25, 0.3) is 5.56 Å². The van der Waals surface area contributed by atoms with Crippen LogP contribution in [0.15, 0.2) is 23.0 Å². The Morgan fingerprint density at radius 3 is 2.92 bits per heavy atom. The van der Waals surface area contributed by atoms with E-state index in [4.69, 9.17) is 4.74 Å². The number of H-pyrrole nitrogens is 1. The molecule has 4 rings (SSSR count). The molecule has 24 heavy (non-hydrogen) atoms. The van der Waals surface area contributed by atoms with E-state index in [1.165, 1.54) is 30.4 Å². The van der Waals surface area contributed by atoms with E-state index in [1.807, 2.05) is 0 Å². The van der Waals surface area contributed by atoms with Crippen LogP contribution in [-0.2, 0) is 12.8 Å². The molecule has 0 fully saturated rings. The number of hydrogen-bond acceptors (Lipinski definition) is 5. The number of rotatable bonds is 2. The summed E-state index contributed by atoms with van der Waals surface area (Å²) in [4.78, 5) is 22.2. The summed E-state index contributed by atoms with van der Waals surface area (Å²) < 4.78 is 5.14. The number of phenols is 1. The maximum Gasteiger partial charge on any atom is 0.260 e. The molecule has 0 atom stereocenters. The van der Waals surface area contributed by atoms with Crippen LogP contribution in [0, 0.1) is 0 Å². The Hall–Kier alpha value is -2.34. The predicted octanol–water partition coefficient (Wildman–Crippen LogP) is 3.63. The zero-order valence-corrected chi connectivity index (χ0v) is 14.2. The fraction of sp³-hybridized carbons (Fsp3) is 0.333. The first-order valence-corrected chi connectivity index (χ1v) is 8.91. The topological polar surface area (TPSA) is 75.2 Å². The molecule has 0 amide bonds. The lowest BCUT2D eigenvalue weighted by molar-refractivity contribution is 0.374. The van der Waals surface area contributed by atoms with Gasteiger partial charge >= 0.3 is 0 Å². The summed E-state index contributed by atoms with van der Waals surface area (Å²) in [6, 6.07) is 5.16. The van der Waals surface area contributed by atoms with Crippen molar-refractivity contribution in [2.75, 3.05) is 7.11 Å². The molecule has 0 spiro atoms. The molecule has 5 nitrogen and oxygen atoms in total. The molecular formula is C18H18N2O3S. The van der Waals surface area contributed by atoms with Crippen molar-refractivity contribution in [3.8, 4) is 22.9 Å².